The Kier molecular flexibility index (Phi) is 7.01. The zero-order valence-electron chi connectivity index (χ0n) is 15.7. The molecule has 1 aromatic heterocycles. The standard InChI is InChI=1S/C22H20ClFN2O2S/c1-14(27)25-19(15-4-8-17(23)9-5-15)13-21(28)26-22(20-3-2-12-29-20)16-6-10-18(24)11-7-16/h2-12,19,22H,13H2,1H3,(H,25,27)(H,26,28)/t19-,22+/m0/s1. The number of nitrogens with one attached hydrogen (secondary N) is 2. The smallest absolute Gasteiger partial charge is 0.223 e. The van der Waals surface area contributed by atoms with Crippen LogP contribution in [0.2, 0.25) is 5.02 Å². The van der Waals surface area contributed by atoms with Gasteiger partial charge in [-0.05, 0) is 46.8 Å². The Hall–Kier alpha value is -2.70. The van der Waals surface area contributed by atoms with Gasteiger partial charge in [0, 0.05) is 16.8 Å². The summed E-state index contributed by atoms with van der Waals surface area (Å²) >= 11 is 7.45. The highest BCUT2D eigenvalue weighted by atomic mass is 35.5. The van der Waals surface area contributed by atoms with Crippen molar-refractivity contribution < 1.29 is 14.0 Å². The van der Waals surface area contributed by atoms with Crippen molar-refractivity contribution in [2.45, 2.75) is 25.4 Å². The average Bonchev–Trinajstić information content (AvgIpc) is 3.21. The van der Waals surface area contributed by atoms with Gasteiger partial charge in [0.1, 0.15) is 5.82 Å². The summed E-state index contributed by atoms with van der Waals surface area (Å²) in [4.78, 5) is 25.4. The number of hydrogen-bond acceptors (Lipinski definition) is 3. The molecule has 7 heteroatoms. The summed E-state index contributed by atoms with van der Waals surface area (Å²) in [5, 5.41) is 8.32. The molecule has 29 heavy (non-hydrogen) atoms. The van der Waals surface area contributed by atoms with Gasteiger partial charge in [-0.25, -0.2) is 4.39 Å². The lowest BCUT2D eigenvalue weighted by atomic mass is 10.0. The van der Waals surface area contributed by atoms with Crippen molar-refractivity contribution >= 4 is 34.8 Å². The number of halogens is 2. The summed E-state index contributed by atoms with van der Waals surface area (Å²) in [5.41, 5.74) is 1.57. The topological polar surface area (TPSA) is 58.2 Å². The van der Waals surface area contributed by atoms with Crippen LogP contribution in [-0.4, -0.2) is 11.8 Å². The van der Waals surface area contributed by atoms with Crippen LogP contribution in [0.4, 0.5) is 4.39 Å². The lowest BCUT2D eigenvalue weighted by Gasteiger charge is -2.22. The first-order chi connectivity index (χ1) is 13.9. The SMILES string of the molecule is CC(=O)N[C@@H](CC(=O)N[C@H](c1ccc(F)cc1)c1cccs1)c1ccc(Cl)cc1. The first kappa shape index (κ1) is 21.0. The highest BCUT2D eigenvalue weighted by Gasteiger charge is 2.22. The van der Waals surface area contributed by atoms with Crippen LogP contribution < -0.4 is 10.6 Å². The highest BCUT2D eigenvalue weighted by Crippen LogP contribution is 2.27. The van der Waals surface area contributed by atoms with Crippen molar-refractivity contribution in [2.75, 3.05) is 0 Å². The molecule has 0 saturated carbocycles. The second-order valence-corrected chi connectivity index (χ2v) is 7.99. The van der Waals surface area contributed by atoms with Gasteiger partial charge in [-0.2, -0.15) is 0 Å². The number of amides is 2. The largest absolute Gasteiger partial charge is 0.349 e. The fraction of sp³-hybridized carbons (Fsp3) is 0.182. The molecule has 4 nitrogen and oxygen atoms in total. The van der Waals surface area contributed by atoms with Crippen LogP contribution in [0, 0.1) is 5.82 Å². The molecule has 2 amide bonds. The number of benzene rings is 2. The molecule has 0 bridgehead atoms. The van der Waals surface area contributed by atoms with Crippen molar-refractivity contribution in [1.82, 2.24) is 10.6 Å². The van der Waals surface area contributed by atoms with E-state index < -0.39 is 12.1 Å². The van der Waals surface area contributed by atoms with Crippen LogP contribution in [0.3, 0.4) is 0 Å². The molecule has 3 aromatic rings. The Morgan fingerprint density at radius 3 is 2.24 bits per heavy atom. The predicted molar refractivity (Wildman–Crippen MR) is 113 cm³/mol. The number of carbonyl (C=O) groups excluding carboxylic acids is 2. The van der Waals surface area contributed by atoms with E-state index in [-0.39, 0.29) is 24.1 Å². The molecule has 0 aliphatic heterocycles. The Morgan fingerprint density at radius 1 is 1.00 bits per heavy atom. The van der Waals surface area contributed by atoms with Gasteiger partial charge in [0.05, 0.1) is 18.5 Å². The molecule has 0 spiro atoms. The van der Waals surface area contributed by atoms with E-state index in [9.17, 15) is 14.0 Å². The summed E-state index contributed by atoms with van der Waals surface area (Å²) in [7, 11) is 0. The Labute approximate surface area is 177 Å². The molecular formula is C22H20ClFN2O2S. The molecule has 0 aliphatic carbocycles. The Morgan fingerprint density at radius 2 is 1.66 bits per heavy atom. The number of carbonyl (C=O) groups is 2. The molecule has 2 N–H and O–H groups in total. The summed E-state index contributed by atoms with van der Waals surface area (Å²) in [6.07, 6.45) is 0.0598. The van der Waals surface area contributed by atoms with Crippen molar-refractivity contribution in [1.29, 1.82) is 0 Å². The minimum Gasteiger partial charge on any atom is -0.349 e. The summed E-state index contributed by atoms with van der Waals surface area (Å²) in [6, 6.07) is 16.0. The quantitative estimate of drug-likeness (QED) is 0.553. The van der Waals surface area contributed by atoms with Gasteiger partial charge in [0.25, 0.3) is 0 Å². The molecular weight excluding hydrogens is 411 g/mol. The van der Waals surface area contributed by atoms with Crippen LogP contribution in [0.5, 0.6) is 0 Å². The molecule has 0 saturated heterocycles. The molecule has 0 aliphatic rings. The van der Waals surface area contributed by atoms with E-state index in [1.54, 1.807) is 36.4 Å². The fourth-order valence-electron chi connectivity index (χ4n) is 3.03. The van der Waals surface area contributed by atoms with E-state index in [2.05, 4.69) is 10.6 Å². The van der Waals surface area contributed by atoms with E-state index in [1.807, 2.05) is 17.5 Å². The van der Waals surface area contributed by atoms with Gasteiger partial charge >= 0.3 is 0 Å². The Bertz CT molecular complexity index is 959. The van der Waals surface area contributed by atoms with Gasteiger partial charge < -0.3 is 10.6 Å². The maximum absolute atomic E-state index is 13.3. The minimum absolute atomic E-state index is 0.0598. The maximum Gasteiger partial charge on any atom is 0.223 e. The third-order valence-corrected chi connectivity index (χ3v) is 5.56. The predicted octanol–water partition coefficient (Wildman–Crippen LogP) is 5.01. The van der Waals surface area contributed by atoms with Crippen LogP contribution in [0.15, 0.2) is 66.0 Å². The second kappa shape index (κ2) is 9.67. The van der Waals surface area contributed by atoms with Crippen molar-refractivity contribution in [3.8, 4) is 0 Å². The van der Waals surface area contributed by atoms with E-state index >= 15 is 0 Å². The number of thiophene rings is 1. The van der Waals surface area contributed by atoms with Gasteiger partial charge in [0.2, 0.25) is 11.8 Å². The molecule has 2 aromatic carbocycles. The van der Waals surface area contributed by atoms with Crippen molar-refractivity contribution in [2.24, 2.45) is 0 Å². The second-order valence-electron chi connectivity index (χ2n) is 6.58. The van der Waals surface area contributed by atoms with E-state index in [1.165, 1.54) is 30.4 Å². The summed E-state index contributed by atoms with van der Waals surface area (Å²) < 4.78 is 13.3. The van der Waals surface area contributed by atoms with Crippen LogP contribution in [0.25, 0.3) is 0 Å². The van der Waals surface area contributed by atoms with Crippen LogP contribution in [0.1, 0.15) is 41.4 Å². The van der Waals surface area contributed by atoms with Gasteiger partial charge in [0.15, 0.2) is 0 Å². The molecule has 0 unspecified atom stereocenters. The van der Waals surface area contributed by atoms with E-state index in [0.29, 0.717) is 5.02 Å². The Balaban J connectivity index is 1.79. The summed E-state index contributed by atoms with van der Waals surface area (Å²) in [6.45, 7) is 1.41. The van der Waals surface area contributed by atoms with Crippen LogP contribution >= 0.6 is 22.9 Å². The molecule has 0 fully saturated rings. The molecule has 2 atom stereocenters. The zero-order valence-corrected chi connectivity index (χ0v) is 17.3. The first-order valence-electron chi connectivity index (χ1n) is 9.03. The third-order valence-electron chi connectivity index (χ3n) is 4.38. The molecule has 1 heterocycles. The van der Waals surface area contributed by atoms with Crippen LogP contribution in [-0.2, 0) is 9.59 Å². The lowest BCUT2D eigenvalue weighted by molar-refractivity contribution is -0.123. The minimum atomic E-state index is -0.484. The molecule has 3 rings (SSSR count). The van der Waals surface area contributed by atoms with Gasteiger partial charge in [-0.1, -0.05) is 41.9 Å². The number of hydrogen-bond donors (Lipinski definition) is 2. The fourth-order valence-corrected chi connectivity index (χ4v) is 3.96. The average molecular weight is 431 g/mol. The third kappa shape index (κ3) is 5.89. The highest BCUT2D eigenvalue weighted by molar-refractivity contribution is 7.10. The van der Waals surface area contributed by atoms with Gasteiger partial charge in [-0.15, -0.1) is 11.3 Å². The van der Waals surface area contributed by atoms with Gasteiger partial charge in [-0.3, -0.25) is 9.59 Å². The monoisotopic (exact) mass is 430 g/mol. The molecule has 150 valence electrons. The zero-order chi connectivity index (χ0) is 20.8. The first-order valence-corrected chi connectivity index (χ1v) is 10.3. The van der Waals surface area contributed by atoms with E-state index in [4.69, 9.17) is 11.6 Å². The van der Waals surface area contributed by atoms with Crippen molar-refractivity contribution in [3.63, 3.8) is 0 Å². The normalized spacial score (nSPS) is 12.8. The number of rotatable bonds is 7. The summed E-state index contributed by atoms with van der Waals surface area (Å²) in [5.74, 6) is -0.800. The lowest BCUT2D eigenvalue weighted by Crippen LogP contribution is -2.34. The van der Waals surface area contributed by atoms with Crippen molar-refractivity contribution in [3.05, 3.63) is 92.9 Å². The maximum atomic E-state index is 13.3. The van der Waals surface area contributed by atoms with E-state index in [0.717, 1.165) is 16.0 Å². The molecule has 0 radical (unpaired) electrons.